The Morgan fingerprint density at radius 1 is 1.28 bits per heavy atom. The molecule has 4 heteroatoms. The Kier molecular flexibility index (Phi) is 2.32. The SMILES string of the molecule is CC1(c2ccccc2)CC(=O)N(C2CC2N)C1=O. The summed E-state index contributed by atoms with van der Waals surface area (Å²) in [4.78, 5) is 26.0. The van der Waals surface area contributed by atoms with E-state index in [9.17, 15) is 9.59 Å². The van der Waals surface area contributed by atoms with Crippen molar-refractivity contribution in [3.63, 3.8) is 0 Å². The third-order valence-electron chi connectivity index (χ3n) is 4.01. The van der Waals surface area contributed by atoms with Gasteiger partial charge in [0.05, 0.1) is 11.5 Å². The van der Waals surface area contributed by atoms with Crippen LogP contribution in [-0.2, 0) is 15.0 Å². The monoisotopic (exact) mass is 244 g/mol. The van der Waals surface area contributed by atoms with Crippen molar-refractivity contribution in [3.05, 3.63) is 35.9 Å². The number of likely N-dealkylation sites (tertiary alicyclic amines) is 1. The fourth-order valence-electron chi connectivity index (χ4n) is 2.71. The second-order valence-electron chi connectivity index (χ2n) is 5.41. The molecular formula is C14H16N2O2. The molecule has 4 nitrogen and oxygen atoms in total. The van der Waals surface area contributed by atoms with Crippen molar-refractivity contribution in [2.24, 2.45) is 5.73 Å². The number of nitrogens with zero attached hydrogens (tertiary/aromatic N) is 1. The summed E-state index contributed by atoms with van der Waals surface area (Å²) in [5.41, 5.74) is 5.93. The lowest BCUT2D eigenvalue weighted by molar-refractivity contribution is -0.140. The van der Waals surface area contributed by atoms with Crippen LogP contribution in [0.2, 0.25) is 0 Å². The number of hydrogen-bond acceptors (Lipinski definition) is 3. The van der Waals surface area contributed by atoms with Crippen molar-refractivity contribution >= 4 is 11.8 Å². The molecule has 1 saturated carbocycles. The summed E-state index contributed by atoms with van der Waals surface area (Å²) in [5.74, 6) is -0.194. The minimum atomic E-state index is -0.722. The average Bonchev–Trinajstić information content (AvgIpc) is 3.01. The van der Waals surface area contributed by atoms with Crippen molar-refractivity contribution < 1.29 is 9.59 Å². The number of amides is 2. The van der Waals surface area contributed by atoms with Crippen molar-refractivity contribution in [2.75, 3.05) is 0 Å². The van der Waals surface area contributed by atoms with Crippen molar-refractivity contribution in [1.82, 2.24) is 4.90 Å². The minimum absolute atomic E-state index is 0.0315. The van der Waals surface area contributed by atoms with Crippen molar-refractivity contribution in [3.8, 4) is 0 Å². The molecule has 0 radical (unpaired) electrons. The first kappa shape index (κ1) is 11.4. The molecule has 3 unspecified atom stereocenters. The predicted octanol–water partition coefficient (Wildman–Crippen LogP) is 0.803. The van der Waals surface area contributed by atoms with Gasteiger partial charge >= 0.3 is 0 Å². The van der Waals surface area contributed by atoms with Gasteiger partial charge in [-0.25, -0.2) is 0 Å². The topological polar surface area (TPSA) is 63.4 Å². The molecule has 1 saturated heterocycles. The van der Waals surface area contributed by atoms with E-state index in [1.165, 1.54) is 4.90 Å². The molecule has 1 heterocycles. The highest BCUT2D eigenvalue weighted by Crippen LogP contribution is 2.41. The van der Waals surface area contributed by atoms with E-state index in [-0.39, 0.29) is 30.3 Å². The van der Waals surface area contributed by atoms with Gasteiger partial charge < -0.3 is 5.73 Å². The Labute approximate surface area is 106 Å². The maximum Gasteiger partial charge on any atom is 0.240 e. The second-order valence-corrected chi connectivity index (χ2v) is 5.41. The highest BCUT2D eigenvalue weighted by atomic mass is 16.2. The third-order valence-corrected chi connectivity index (χ3v) is 4.01. The van der Waals surface area contributed by atoms with Gasteiger partial charge in [0.15, 0.2) is 0 Å². The molecule has 1 aliphatic carbocycles. The largest absolute Gasteiger partial charge is 0.326 e. The van der Waals surface area contributed by atoms with Crippen LogP contribution in [0.5, 0.6) is 0 Å². The maximum absolute atomic E-state index is 12.5. The summed E-state index contributed by atoms with van der Waals surface area (Å²) in [7, 11) is 0. The van der Waals surface area contributed by atoms with Crippen LogP contribution in [0.25, 0.3) is 0 Å². The first-order chi connectivity index (χ1) is 8.54. The molecule has 2 aliphatic rings. The summed E-state index contributed by atoms with van der Waals surface area (Å²) in [6.07, 6.45) is 0.988. The van der Waals surface area contributed by atoms with Gasteiger partial charge in [-0.05, 0) is 18.9 Å². The number of hydrogen-bond donors (Lipinski definition) is 1. The maximum atomic E-state index is 12.5. The summed E-state index contributed by atoms with van der Waals surface area (Å²) in [6.45, 7) is 1.84. The first-order valence-corrected chi connectivity index (χ1v) is 6.21. The molecule has 0 spiro atoms. The molecule has 3 atom stereocenters. The lowest BCUT2D eigenvalue weighted by atomic mass is 9.81. The van der Waals surface area contributed by atoms with Gasteiger partial charge in [0.2, 0.25) is 11.8 Å². The Morgan fingerprint density at radius 2 is 1.89 bits per heavy atom. The predicted molar refractivity (Wildman–Crippen MR) is 66.6 cm³/mol. The van der Waals surface area contributed by atoms with Crippen LogP contribution in [0.15, 0.2) is 30.3 Å². The number of carbonyl (C=O) groups excluding carboxylic acids is 2. The van der Waals surface area contributed by atoms with E-state index in [1.54, 1.807) is 0 Å². The van der Waals surface area contributed by atoms with Gasteiger partial charge in [-0.2, -0.15) is 0 Å². The van der Waals surface area contributed by atoms with Crippen LogP contribution in [-0.4, -0.2) is 28.8 Å². The molecule has 1 aromatic rings. The van der Waals surface area contributed by atoms with Crippen molar-refractivity contribution in [2.45, 2.75) is 37.3 Å². The molecule has 94 valence electrons. The number of imide groups is 1. The zero-order valence-corrected chi connectivity index (χ0v) is 10.3. The zero-order valence-electron chi connectivity index (χ0n) is 10.3. The van der Waals surface area contributed by atoms with Gasteiger partial charge in [0, 0.05) is 12.5 Å². The number of rotatable bonds is 2. The van der Waals surface area contributed by atoms with E-state index in [1.807, 2.05) is 37.3 Å². The number of carbonyl (C=O) groups is 2. The molecule has 2 N–H and O–H groups in total. The van der Waals surface area contributed by atoms with E-state index in [0.29, 0.717) is 0 Å². The van der Waals surface area contributed by atoms with Crippen LogP contribution in [0.3, 0.4) is 0 Å². The van der Waals surface area contributed by atoms with E-state index >= 15 is 0 Å². The zero-order chi connectivity index (χ0) is 12.9. The molecular weight excluding hydrogens is 228 g/mol. The number of benzene rings is 1. The molecule has 0 bridgehead atoms. The summed E-state index contributed by atoms with van der Waals surface area (Å²) in [5, 5.41) is 0. The van der Waals surface area contributed by atoms with Gasteiger partial charge in [-0.1, -0.05) is 30.3 Å². The van der Waals surface area contributed by atoms with E-state index in [0.717, 1.165) is 12.0 Å². The lowest BCUT2D eigenvalue weighted by Gasteiger charge is -2.22. The quantitative estimate of drug-likeness (QED) is 0.783. The van der Waals surface area contributed by atoms with Crippen molar-refractivity contribution in [1.29, 1.82) is 0 Å². The van der Waals surface area contributed by atoms with Gasteiger partial charge in [-0.15, -0.1) is 0 Å². The standard InChI is InChI=1S/C14H16N2O2/c1-14(9-5-3-2-4-6-9)8-12(17)16(13(14)18)11-7-10(11)15/h2-6,10-11H,7-8,15H2,1H3. The Bertz CT molecular complexity index is 514. The van der Waals surface area contributed by atoms with Gasteiger partial charge in [0.25, 0.3) is 0 Å². The Balaban J connectivity index is 1.96. The fraction of sp³-hybridized carbons (Fsp3) is 0.429. The van der Waals surface area contributed by atoms with Gasteiger partial charge in [-0.3, -0.25) is 14.5 Å². The molecule has 0 aromatic heterocycles. The van der Waals surface area contributed by atoms with Crippen LogP contribution in [0.4, 0.5) is 0 Å². The summed E-state index contributed by atoms with van der Waals surface area (Å²) < 4.78 is 0. The molecule has 1 aromatic carbocycles. The van der Waals surface area contributed by atoms with Crippen LogP contribution in [0.1, 0.15) is 25.3 Å². The highest BCUT2D eigenvalue weighted by Gasteiger charge is 2.56. The molecule has 2 amide bonds. The minimum Gasteiger partial charge on any atom is -0.326 e. The van der Waals surface area contributed by atoms with Gasteiger partial charge in [0.1, 0.15) is 0 Å². The lowest BCUT2D eigenvalue weighted by Crippen LogP contribution is -2.39. The Morgan fingerprint density at radius 3 is 2.44 bits per heavy atom. The molecule has 2 fully saturated rings. The molecule has 18 heavy (non-hydrogen) atoms. The summed E-state index contributed by atoms with van der Waals surface area (Å²) in [6, 6.07) is 9.39. The Hall–Kier alpha value is -1.68. The van der Waals surface area contributed by atoms with E-state index in [2.05, 4.69) is 0 Å². The second kappa shape index (κ2) is 3.65. The summed E-state index contributed by atoms with van der Waals surface area (Å²) >= 11 is 0. The first-order valence-electron chi connectivity index (χ1n) is 6.21. The van der Waals surface area contributed by atoms with Crippen LogP contribution in [0, 0.1) is 0 Å². The molecule has 3 rings (SSSR count). The van der Waals surface area contributed by atoms with E-state index in [4.69, 9.17) is 5.73 Å². The number of nitrogens with two attached hydrogens (primary N) is 1. The normalized spacial score (nSPS) is 35.1. The van der Waals surface area contributed by atoms with E-state index < -0.39 is 5.41 Å². The third kappa shape index (κ3) is 1.49. The fourth-order valence-corrected chi connectivity index (χ4v) is 2.71. The average molecular weight is 244 g/mol. The molecule has 1 aliphatic heterocycles. The smallest absolute Gasteiger partial charge is 0.240 e. The van der Waals surface area contributed by atoms with Crippen LogP contribution < -0.4 is 5.73 Å². The van der Waals surface area contributed by atoms with Crippen LogP contribution >= 0.6 is 0 Å². The highest BCUT2D eigenvalue weighted by molar-refractivity contribution is 6.09.